The summed E-state index contributed by atoms with van der Waals surface area (Å²) in [6.45, 7) is 0. The van der Waals surface area contributed by atoms with Crippen LogP contribution in [-0.4, -0.2) is 91.3 Å². The van der Waals surface area contributed by atoms with Crippen molar-refractivity contribution in [3.8, 4) is 0 Å². The molecule has 3 heterocycles. The fraction of sp³-hybridized carbons (Fsp3) is 0.412. The van der Waals surface area contributed by atoms with Crippen molar-refractivity contribution in [2.24, 2.45) is 10.9 Å². The Morgan fingerprint density at radius 1 is 1.47 bits per heavy atom. The van der Waals surface area contributed by atoms with E-state index in [1.165, 1.54) is 38.7 Å². The molecular weight excluding hydrogens is 528 g/mol. The molecule has 0 saturated carbocycles. The van der Waals surface area contributed by atoms with Crippen molar-refractivity contribution in [2.45, 2.75) is 17.5 Å². The van der Waals surface area contributed by atoms with Crippen LogP contribution >= 0.6 is 44.7 Å². The lowest BCUT2D eigenvalue weighted by Crippen LogP contribution is -2.71. The molecule has 1 fully saturated rings. The molecule has 0 spiro atoms. The van der Waals surface area contributed by atoms with Crippen LogP contribution in [0, 0.1) is 0 Å². The lowest BCUT2D eigenvalue weighted by Gasteiger charge is -2.49. The predicted molar refractivity (Wildman–Crippen MR) is 130 cm³/mol. The van der Waals surface area contributed by atoms with Gasteiger partial charge in [-0.05, 0) is 5.57 Å². The van der Waals surface area contributed by atoms with Crippen molar-refractivity contribution in [1.82, 2.24) is 15.2 Å². The molecule has 13 nitrogen and oxygen atoms in total. The molecule has 17 heteroatoms. The normalized spacial score (nSPS) is 22.6. The van der Waals surface area contributed by atoms with E-state index in [2.05, 4.69) is 20.3 Å². The van der Waals surface area contributed by atoms with Crippen molar-refractivity contribution in [3.05, 3.63) is 22.3 Å². The third kappa shape index (κ3) is 5.60. The number of hydrogen-bond donors (Lipinski definition) is 5. The average Bonchev–Trinajstić information content (AvgIpc) is 3.24. The molecule has 1 aromatic heterocycles. The van der Waals surface area contributed by atoms with Crippen molar-refractivity contribution >= 4 is 79.3 Å². The van der Waals surface area contributed by atoms with Gasteiger partial charge in [0.15, 0.2) is 10.8 Å². The zero-order chi connectivity index (χ0) is 27.5. The third-order valence-electron chi connectivity index (χ3n) is 4.53. The number of β-lactam (4-membered cyclic amide) rings is 1. The lowest BCUT2D eigenvalue weighted by atomic mass is 10.0. The predicted octanol–water partition coefficient (Wildman–Crippen LogP) is -0.392. The second-order valence-corrected chi connectivity index (χ2v) is 11.2. The summed E-state index contributed by atoms with van der Waals surface area (Å²) >= 11 is 2.20. The molecule has 0 bridgehead atoms. The quantitative estimate of drug-likeness (QED) is 0.0780. The Labute approximate surface area is 213 Å². The highest BCUT2D eigenvalue weighted by molar-refractivity contribution is 8.76. The highest BCUT2D eigenvalue weighted by Gasteiger charge is 2.54. The van der Waals surface area contributed by atoms with E-state index in [9.17, 15) is 24.3 Å². The first-order valence-electron chi connectivity index (χ1n) is 10.7. The number of carboxylic acid groups (broad SMARTS) is 2. The number of aromatic nitrogens is 1. The second kappa shape index (κ2) is 11.3. The minimum absolute atomic E-state index is 0.0604. The molecule has 0 radical (unpaired) electrons. The van der Waals surface area contributed by atoms with Crippen LogP contribution in [0.2, 0.25) is 0 Å². The van der Waals surface area contributed by atoms with E-state index in [1.54, 1.807) is 0 Å². The van der Waals surface area contributed by atoms with Crippen LogP contribution in [-0.2, 0) is 24.0 Å². The molecule has 2 aliphatic rings. The van der Waals surface area contributed by atoms with Crippen LogP contribution in [0.4, 0.5) is 5.13 Å². The van der Waals surface area contributed by atoms with E-state index in [0.717, 1.165) is 16.2 Å². The number of aliphatic carboxylic acids is 2. The van der Waals surface area contributed by atoms with Gasteiger partial charge in [0.05, 0.1) is 4.11 Å². The van der Waals surface area contributed by atoms with E-state index in [-0.39, 0.29) is 33.8 Å². The molecule has 1 saturated heterocycles. The zero-order valence-corrected chi connectivity index (χ0v) is 20.3. The zero-order valence-electron chi connectivity index (χ0n) is 20.0. The van der Waals surface area contributed by atoms with Crippen molar-refractivity contribution in [1.29, 1.82) is 0 Å². The van der Waals surface area contributed by atoms with Gasteiger partial charge in [0.2, 0.25) is 0 Å². The standard InChI is InChI=1S/C17H20N6O7S4/c1-30-22-9(8-5-32-17(19)20-8)12(24)21-10-13(25)23-11(16(28)29)6(2-31-14(10)23)3-33-34-4-7(18)15(26)27/h5,7,10,14H,2-4,18H2,1H3,(H2,19,20)(H,21,24)(H,26,27)(H,28,29)/b22-9-/t7-,10+,14+/m0/s1/i1D3. The van der Waals surface area contributed by atoms with Gasteiger partial charge in [-0.25, -0.2) is 9.78 Å². The largest absolute Gasteiger partial charge is 0.480 e. The summed E-state index contributed by atoms with van der Waals surface area (Å²) in [6, 6.07) is -2.17. The van der Waals surface area contributed by atoms with Crippen molar-refractivity contribution in [2.75, 3.05) is 30.0 Å². The van der Waals surface area contributed by atoms with Crippen LogP contribution in [0.1, 0.15) is 9.81 Å². The number of hydrogen-bond acceptors (Lipinski definition) is 13. The van der Waals surface area contributed by atoms with Crippen LogP contribution in [0.15, 0.2) is 21.8 Å². The van der Waals surface area contributed by atoms with Crippen LogP contribution in [0.3, 0.4) is 0 Å². The number of amides is 2. The summed E-state index contributed by atoms with van der Waals surface area (Å²) in [5.41, 5.74) is 10.7. The smallest absolute Gasteiger partial charge is 0.352 e. The van der Waals surface area contributed by atoms with Gasteiger partial charge in [-0.3, -0.25) is 19.3 Å². The fourth-order valence-electron chi connectivity index (χ4n) is 2.96. The van der Waals surface area contributed by atoms with E-state index < -0.39 is 54.0 Å². The monoisotopic (exact) mass is 551 g/mol. The molecular formula is C17H20N6O7S4. The maximum atomic E-state index is 12.9. The molecule has 0 unspecified atom stereocenters. The van der Waals surface area contributed by atoms with E-state index >= 15 is 0 Å². The fourth-order valence-corrected chi connectivity index (χ4v) is 7.23. The summed E-state index contributed by atoms with van der Waals surface area (Å²) in [4.78, 5) is 57.9. The Morgan fingerprint density at radius 3 is 2.85 bits per heavy atom. The molecule has 3 rings (SSSR count). The first-order valence-corrected chi connectivity index (χ1v) is 13.6. The maximum absolute atomic E-state index is 12.9. The summed E-state index contributed by atoms with van der Waals surface area (Å²) in [5, 5.41) is 25.1. The minimum atomic E-state index is -2.94. The molecule has 2 amide bonds. The molecule has 3 atom stereocenters. The van der Waals surface area contributed by atoms with Gasteiger partial charge in [0, 0.05) is 22.6 Å². The van der Waals surface area contributed by atoms with E-state index in [4.69, 9.17) is 20.7 Å². The summed E-state index contributed by atoms with van der Waals surface area (Å²) in [5.74, 6) is -3.54. The minimum Gasteiger partial charge on any atom is -0.480 e. The number of oxime groups is 1. The summed E-state index contributed by atoms with van der Waals surface area (Å²) in [7, 11) is -0.555. The van der Waals surface area contributed by atoms with Crippen LogP contribution in [0.5, 0.6) is 0 Å². The van der Waals surface area contributed by atoms with Gasteiger partial charge >= 0.3 is 11.9 Å². The Bertz CT molecular complexity index is 1160. The van der Waals surface area contributed by atoms with Gasteiger partial charge in [0.25, 0.3) is 11.8 Å². The maximum Gasteiger partial charge on any atom is 0.352 e. The van der Waals surface area contributed by atoms with E-state index in [0.29, 0.717) is 5.57 Å². The van der Waals surface area contributed by atoms with Crippen LogP contribution in [0.25, 0.3) is 0 Å². The number of carboxylic acids is 2. The SMILES string of the molecule is [2H]C([2H])([2H])O/N=C(\C(=O)N[C@@H]1C(=O)N2C(C(=O)O)=C(CSSC[C@H](N)C(=O)O)CS[C@H]12)c1csc(N)n1. The van der Waals surface area contributed by atoms with Gasteiger partial charge in [0.1, 0.15) is 35.9 Å². The second-order valence-electron chi connectivity index (χ2n) is 6.71. The Kier molecular flexibility index (Phi) is 7.32. The number of thioether (sulfide) groups is 1. The van der Waals surface area contributed by atoms with Crippen LogP contribution < -0.4 is 16.8 Å². The molecule has 1 aromatic rings. The van der Waals surface area contributed by atoms with Crippen molar-refractivity contribution in [3.63, 3.8) is 0 Å². The molecule has 7 N–H and O–H groups in total. The number of carbonyl (C=O) groups is 4. The number of nitrogens with one attached hydrogen (secondary N) is 1. The Balaban J connectivity index is 1.71. The van der Waals surface area contributed by atoms with Gasteiger partial charge < -0.3 is 31.8 Å². The first-order chi connectivity index (χ1) is 17.3. The highest BCUT2D eigenvalue weighted by Crippen LogP contribution is 2.42. The number of fused-ring (bicyclic) bond motifs is 1. The first kappa shape index (κ1) is 22.0. The molecule has 34 heavy (non-hydrogen) atoms. The Morgan fingerprint density at radius 2 is 2.24 bits per heavy atom. The molecule has 0 aliphatic carbocycles. The van der Waals surface area contributed by atoms with Gasteiger partial charge in [-0.1, -0.05) is 26.7 Å². The third-order valence-corrected chi connectivity index (χ3v) is 8.94. The lowest BCUT2D eigenvalue weighted by molar-refractivity contribution is -0.150. The molecule has 184 valence electrons. The number of nitrogens with zero attached hydrogens (tertiary/aromatic N) is 3. The number of carbonyl (C=O) groups excluding carboxylic acids is 2. The number of rotatable bonds is 11. The van der Waals surface area contributed by atoms with E-state index in [1.807, 2.05) is 0 Å². The number of nitrogens with two attached hydrogens (primary N) is 2. The summed E-state index contributed by atoms with van der Waals surface area (Å²) < 4.78 is 21.4. The van der Waals surface area contributed by atoms with Gasteiger partial charge in [-0.15, -0.1) is 23.1 Å². The summed E-state index contributed by atoms with van der Waals surface area (Å²) in [6.07, 6.45) is 0. The number of nitrogen functional groups attached to an aromatic ring is 1. The number of thiazole rings is 1. The molecule has 0 aromatic carbocycles. The van der Waals surface area contributed by atoms with Crippen molar-refractivity contribution < 1.29 is 38.3 Å². The highest BCUT2D eigenvalue weighted by atomic mass is 33.1. The molecule has 2 aliphatic heterocycles. The average molecular weight is 552 g/mol. The topological polar surface area (TPSA) is 211 Å². The van der Waals surface area contributed by atoms with Gasteiger partial charge in [-0.2, -0.15) is 0 Å². The number of anilines is 1. The Hall–Kier alpha value is -2.47.